The number of aliphatic hydroxyl groups excluding tert-OH is 1. The van der Waals surface area contributed by atoms with Crippen molar-refractivity contribution < 1.29 is 14.3 Å². The minimum atomic E-state index is -0.533. The Morgan fingerprint density at radius 3 is 2.76 bits per heavy atom. The van der Waals surface area contributed by atoms with E-state index in [0.717, 1.165) is 43.4 Å². The number of pyridine rings is 1. The second-order valence-electron chi connectivity index (χ2n) is 11.5. The van der Waals surface area contributed by atoms with Crippen molar-refractivity contribution in [2.75, 3.05) is 5.32 Å². The SMILES string of the molecule is O=C(NNC1C2CC3CC1CC(C(O)CC1c4c(F)cccc4-c4cncn41)(C3)C2)Nc1cccnc1. The van der Waals surface area contributed by atoms with Gasteiger partial charge in [0.05, 0.1) is 42.2 Å². The molecule has 8 nitrogen and oxygen atoms in total. The van der Waals surface area contributed by atoms with Crippen LogP contribution in [0.15, 0.2) is 55.2 Å². The number of halogens is 1. The minimum Gasteiger partial charge on any atom is -0.392 e. The summed E-state index contributed by atoms with van der Waals surface area (Å²) in [4.78, 5) is 20.8. The number of aromatic nitrogens is 3. The number of hydrazine groups is 1. The van der Waals surface area contributed by atoms with Crippen LogP contribution in [-0.4, -0.2) is 37.8 Å². The van der Waals surface area contributed by atoms with E-state index < -0.39 is 6.10 Å². The molecule has 5 aliphatic rings. The van der Waals surface area contributed by atoms with Crippen LogP contribution in [0.5, 0.6) is 0 Å². The molecule has 4 unspecified atom stereocenters. The average molecular weight is 503 g/mol. The second kappa shape index (κ2) is 8.63. The van der Waals surface area contributed by atoms with E-state index in [1.165, 1.54) is 6.07 Å². The van der Waals surface area contributed by atoms with Gasteiger partial charge in [-0.3, -0.25) is 10.4 Å². The Kier molecular flexibility index (Phi) is 5.33. The van der Waals surface area contributed by atoms with E-state index in [4.69, 9.17) is 0 Å². The number of nitrogens with one attached hydrogen (secondary N) is 3. The van der Waals surface area contributed by atoms with E-state index in [1.807, 2.05) is 10.6 Å². The molecule has 0 saturated heterocycles. The highest BCUT2D eigenvalue weighted by atomic mass is 19.1. The van der Waals surface area contributed by atoms with Gasteiger partial charge in [-0.2, -0.15) is 0 Å². The monoisotopic (exact) mass is 502 g/mol. The van der Waals surface area contributed by atoms with E-state index in [0.29, 0.717) is 35.4 Å². The van der Waals surface area contributed by atoms with Crippen molar-refractivity contribution in [3.8, 4) is 11.3 Å². The van der Waals surface area contributed by atoms with E-state index >= 15 is 0 Å². The molecule has 2 amide bonds. The summed E-state index contributed by atoms with van der Waals surface area (Å²) >= 11 is 0. The number of aliphatic hydroxyl groups is 1. The van der Waals surface area contributed by atoms with Crippen LogP contribution in [0.25, 0.3) is 11.3 Å². The summed E-state index contributed by atoms with van der Waals surface area (Å²) in [5, 5.41) is 14.6. The normalized spacial score (nSPS) is 31.6. The summed E-state index contributed by atoms with van der Waals surface area (Å²) in [6, 6.07) is 8.38. The zero-order valence-corrected chi connectivity index (χ0v) is 20.5. The zero-order chi connectivity index (χ0) is 25.1. The lowest BCUT2D eigenvalue weighted by Gasteiger charge is -2.61. The molecular weight excluding hydrogens is 471 g/mol. The molecule has 192 valence electrons. The summed E-state index contributed by atoms with van der Waals surface area (Å²) in [5.41, 5.74) is 9.10. The van der Waals surface area contributed by atoms with Gasteiger partial charge in [-0.25, -0.2) is 19.6 Å². The van der Waals surface area contributed by atoms with Crippen LogP contribution in [0, 0.1) is 29.0 Å². The molecule has 4 aliphatic carbocycles. The predicted octanol–water partition coefficient (Wildman–Crippen LogP) is 4.26. The summed E-state index contributed by atoms with van der Waals surface area (Å²) < 4.78 is 17.0. The van der Waals surface area contributed by atoms with Crippen molar-refractivity contribution in [3.63, 3.8) is 0 Å². The number of hydrogen-bond donors (Lipinski definition) is 4. The Bertz CT molecular complexity index is 1310. The first-order chi connectivity index (χ1) is 18.0. The van der Waals surface area contributed by atoms with Crippen LogP contribution in [0.1, 0.15) is 50.1 Å². The number of anilines is 1. The van der Waals surface area contributed by atoms with Gasteiger partial charge < -0.3 is 15.0 Å². The molecule has 4 bridgehead atoms. The number of nitrogens with zero attached hydrogens (tertiary/aromatic N) is 3. The topological polar surface area (TPSA) is 104 Å². The molecule has 8 rings (SSSR count). The number of benzene rings is 1. The molecule has 1 aromatic carbocycles. The van der Waals surface area contributed by atoms with E-state index in [2.05, 4.69) is 26.1 Å². The number of imidazole rings is 1. The fraction of sp³-hybridized carbons (Fsp3) is 0.464. The highest BCUT2D eigenvalue weighted by Gasteiger charge is 2.58. The molecule has 2 aromatic heterocycles. The third kappa shape index (κ3) is 3.75. The lowest BCUT2D eigenvalue weighted by Crippen LogP contribution is -2.63. The molecule has 0 spiro atoms. The first kappa shape index (κ1) is 22.9. The zero-order valence-electron chi connectivity index (χ0n) is 20.5. The fourth-order valence-electron chi connectivity index (χ4n) is 8.17. The van der Waals surface area contributed by atoms with E-state index in [9.17, 15) is 14.3 Å². The van der Waals surface area contributed by atoms with Gasteiger partial charge in [0.2, 0.25) is 0 Å². The predicted molar refractivity (Wildman–Crippen MR) is 136 cm³/mol. The lowest BCUT2D eigenvalue weighted by atomic mass is 9.46. The van der Waals surface area contributed by atoms with E-state index in [-0.39, 0.29) is 29.3 Å². The Labute approximate surface area is 214 Å². The summed E-state index contributed by atoms with van der Waals surface area (Å²) in [6.07, 6.45) is 11.8. The summed E-state index contributed by atoms with van der Waals surface area (Å²) in [6.45, 7) is 0. The fourth-order valence-corrected chi connectivity index (χ4v) is 8.17. The summed E-state index contributed by atoms with van der Waals surface area (Å²) in [5.74, 6) is 1.14. The molecule has 4 atom stereocenters. The molecule has 9 heteroatoms. The van der Waals surface area contributed by atoms with Crippen molar-refractivity contribution in [2.24, 2.45) is 23.2 Å². The lowest BCUT2D eigenvalue weighted by molar-refractivity contribution is -0.139. The number of carbonyl (C=O) groups is 1. The van der Waals surface area contributed by atoms with Crippen molar-refractivity contribution in [1.82, 2.24) is 25.4 Å². The Balaban J connectivity index is 1.06. The van der Waals surface area contributed by atoms with E-state index in [1.54, 1.807) is 43.1 Å². The van der Waals surface area contributed by atoms with Crippen molar-refractivity contribution in [2.45, 2.75) is 56.7 Å². The second-order valence-corrected chi connectivity index (χ2v) is 11.5. The molecule has 4 N–H and O–H groups in total. The standard InChI is InChI=1S/C28H31FN6O2/c29-21-5-1-4-20-23-14-31-15-35(23)22(25(20)21)9-24(36)28-10-16-7-17(11-28)26(18(8-16)12-28)33-34-27(37)32-19-3-2-6-30-13-19/h1-6,13-18,22,24,26,33,36H,7-12H2,(H2,32,34,37). The van der Waals surface area contributed by atoms with Gasteiger partial charge in [0.1, 0.15) is 5.82 Å². The van der Waals surface area contributed by atoms with Crippen LogP contribution in [0.4, 0.5) is 14.9 Å². The van der Waals surface area contributed by atoms with Crippen molar-refractivity contribution in [1.29, 1.82) is 0 Å². The highest BCUT2D eigenvalue weighted by molar-refractivity contribution is 5.88. The summed E-state index contributed by atoms with van der Waals surface area (Å²) in [7, 11) is 0. The van der Waals surface area contributed by atoms with Crippen LogP contribution in [0.2, 0.25) is 0 Å². The molecule has 3 heterocycles. The number of urea groups is 1. The minimum absolute atomic E-state index is 0.165. The Hall–Kier alpha value is -3.30. The number of amides is 2. The number of carbonyl (C=O) groups excluding carboxylic acids is 1. The third-order valence-corrected chi connectivity index (χ3v) is 9.41. The van der Waals surface area contributed by atoms with Crippen LogP contribution >= 0.6 is 0 Å². The smallest absolute Gasteiger partial charge is 0.333 e. The van der Waals surface area contributed by atoms with Gasteiger partial charge in [0.15, 0.2) is 0 Å². The number of fused-ring (bicyclic) bond motifs is 3. The van der Waals surface area contributed by atoms with Crippen LogP contribution < -0.4 is 16.2 Å². The first-order valence-corrected chi connectivity index (χ1v) is 13.2. The molecule has 1 aliphatic heterocycles. The van der Waals surface area contributed by atoms with Gasteiger partial charge >= 0.3 is 6.03 Å². The Morgan fingerprint density at radius 2 is 1.97 bits per heavy atom. The number of hydrogen-bond acceptors (Lipinski definition) is 5. The maximum Gasteiger partial charge on any atom is 0.333 e. The first-order valence-electron chi connectivity index (χ1n) is 13.2. The van der Waals surface area contributed by atoms with Gasteiger partial charge in [-0.1, -0.05) is 12.1 Å². The van der Waals surface area contributed by atoms with Crippen LogP contribution in [0.3, 0.4) is 0 Å². The maximum atomic E-state index is 15.0. The molecule has 4 saturated carbocycles. The number of rotatable bonds is 6. The van der Waals surface area contributed by atoms with Gasteiger partial charge in [0, 0.05) is 23.4 Å². The third-order valence-electron chi connectivity index (χ3n) is 9.41. The largest absolute Gasteiger partial charge is 0.392 e. The average Bonchev–Trinajstić information content (AvgIpc) is 3.47. The quantitative estimate of drug-likeness (QED) is 0.377. The highest BCUT2D eigenvalue weighted by Crippen LogP contribution is 2.62. The molecule has 4 fully saturated rings. The molecule has 3 aromatic rings. The maximum absolute atomic E-state index is 15.0. The van der Waals surface area contributed by atoms with Crippen LogP contribution in [-0.2, 0) is 0 Å². The molecular formula is C28H31FN6O2. The van der Waals surface area contributed by atoms with Gasteiger partial charge in [0.25, 0.3) is 0 Å². The molecule has 0 radical (unpaired) electrons. The van der Waals surface area contributed by atoms with Crippen molar-refractivity contribution in [3.05, 3.63) is 66.6 Å². The van der Waals surface area contributed by atoms with Gasteiger partial charge in [-0.15, -0.1) is 0 Å². The van der Waals surface area contributed by atoms with Crippen molar-refractivity contribution >= 4 is 11.7 Å². The molecule has 37 heavy (non-hydrogen) atoms. The Morgan fingerprint density at radius 1 is 1.14 bits per heavy atom. The van der Waals surface area contributed by atoms with Gasteiger partial charge in [-0.05, 0) is 79.9 Å².